The minimum Gasteiger partial charge on any atom is -0.473 e. The third kappa shape index (κ3) is 7.85. The van der Waals surface area contributed by atoms with Crippen LogP contribution in [-0.2, 0) is 24.4 Å². The Hall–Kier alpha value is -3.28. The van der Waals surface area contributed by atoms with Crippen LogP contribution in [0.25, 0.3) is 0 Å². The maximum absolute atomic E-state index is 13.0. The zero-order chi connectivity index (χ0) is 27.0. The van der Waals surface area contributed by atoms with Crippen molar-refractivity contribution in [2.45, 2.75) is 49.5 Å². The normalized spacial score (nSPS) is 20.8. The fraction of sp³-hybridized carbons (Fsp3) is 0.423. The highest BCUT2D eigenvalue weighted by molar-refractivity contribution is 7.89. The summed E-state index contributed by atoms with van der Waals surface area (Å²) >= 11 is 0. The predicted molar refractivity (Wildman–Crippen MR) is 138 cm³/mol. The third-order valence-electron chi connectivity index (χ3n) is 6.75. The van der Waals surface area contributed by atoms with Crippen LogP contribution in [0.3, 0.4) is 0 Å². The Balaban J connectivity index is 0.000000568. The van der Waals surface area contributed by atoms with Crippen LogP contribution in [0.2, 0.25) is 0 Å². The van der Waals surface area contributed by atoms with Gasteiger partial charge in [0.1, 0.15) is 0 Å². The number of sulfonamides is 1. The van der Waals surface area contributed by atoms with Gasteiger partial charge >= 0.3 is 11.9 Å². The van der Waals surface area contributed by atoms with Crippen molar-refractivity contribution in [1.29, 1.82) is 0 Å². The van der Waals surface area contributed by atoms with Gasteiger partial charge in [0, 0.05) is 44.8 Å². The Morgan fingerprint density at radius 2 is 1.35 bits per heavy atom. The molecule has 4 rings (SSSR count). The summed E-state index contributed by atoms with van der Waals surface area (Å²) in [4.78, 5) is 32.1. The summed E-state index contributed by atoms with van der Waals surface area (Å²) in [5.41, 5.74) is 2.05. The minimum absolute atomic E-state index is 0.176. The summed E-state index contributed by atoms with van der Waals surface area (Å²) < 4.78 is 27.6. The molecule has 2 aromatic rings. The van der Waals surface area contributed by atoms with Gasteiger partial charge in [-0.25, -0.2) is 18.0 Å². The van der Waals surface area contributed by atoms with Crippen molar-refractivity contribution < 1.29 is 33.0 Å². The van der Waals surface area contributed by atoms with Crippen molar-refractivity contribution in [2.75, 3.05) is 31.5 Å². The molecule has 0 aromatic heterocycles. The first-order chi connectivity index (χ1) is 17.6. The molecule has 10 nitrogen and oxygen atoms in total. The number of carboxylic acids is 2. The first kappa shape index (κ1) is 28.3. The maximum Gasteiger partial charge on any atom is 0.414 e. The van der Waals surface area contributed by atoms with Crippen molar-refractivity contribution >= 4 is 33.6 Å². The fourth-order valence-corrected chi connectivity index (χ4v) is 6.29. The Morgan fingerprint density at radius 1 is 0.811 bits per heavy atom. The van der Waals surface area contributed by atoms with E-state index in [-0.39, 0.29) is 10.8 Å². The second-order valence-electron chi connectivity index (χ2n) is 9.17. The largest absolute Gasteiger partial charge is 0.473 e. The first-order valence-electron chi connectivity index (χ1n) is 12.2. The molecule has 1 aliphatic heterocycles. The molecule has 0 radical (unpaired) electrons. The predicted octanol–water partition coefficient (Wildman–Crippen LogP) is 2.83. The number of carboxylic acid groups (broad SMARTS) is 2. The summed E-state index contributed by atoms with van der Waals surface area (Å²) in [7, 11) is -3.51. The first-order valence-corrected chi connectivity index (χ1v) is 13.6. The van der Waals surface area contributed by atoms with E-state index in [1.807, 2.05) is 0 Å². The quantitative estimate of drug-likeness (QED) is 0.500. The monoisotopic (exact) mass is 531 g/mol. The average molecular weight is 532 g/mol. The fourth-order valence-electron chi connectivity index (χ4n) is 4.87. The van der Waals surface area contributed by atoms with E-state index in [0.717, 1.165) is 13.1 Å². The lowest BCUT2D eigenvalue weighted by Crippen LogP contribution is -2.52. The number of carbonyl (C=O) groups excluding carboxylic acids is 1. The Kier molecular flexibility index (Phi) is 9.79. The minimum atomic E-state index is -3.51. The van der Waals surface area contributed by atoms with Crippen LogP contribution in [0.4, 0.5) is 5.69 Å². The van der Waals surface area contributed by atoms with E-state index < -0.39 is 22.0 Å². The molecule has 0 spiro atoms. The summed E-state index contributed by atoms with van der Waals surface area (Å²) in [5, 5.41) is 17.4. The highest BCUT2D eigenvalue weighted by Gasteiger charge is 2.33. The summed E-state index contributed by atoms with van der Waals surface area (Å²) in [5.74, 6) is -3.17. The molecule has 2 aromatic carbocycles. The van der Waals surface area contributed by atoms with E-state index in [4.69, 9.17) is 19.8 Å². The van der Waals surface area contributed by atoms with Crippen LogP contribution in [0, 0.1) is 0 Å². The Labute approximate surface area is 216 Å². The molecule has 0 atom stereocenters. The molecule has 1 saturated heterocycles. The van der Waals surface area contributed by atoms with Gasteiger partial charge < -0.3 is 15.5 Å². The molecule has 1 heterocycles. The second kappa shape index (κ2) is 12.8. The van der Waals surface area contributed by atoms with Crippen molar-refractivity contribution in [2.24, 2.45) is 0 Å². The van der Waals surface area contributed by atoms with E-state index in [2.05, 4.69) is 40.5 Å². The van der Waals surface area contributed by atoms with Crippen LogP contribution < -0.4 is 5.32 Å². The van der Waals surface area contributed by atoms with Crippen LogP contribution in [0.15, 0.2) is 59.5 Å². The standard InChI is InChI=1S/C24H31N3O3S.C2H2O4/c1-19(28)25-22-9-13-24(14-10-22)31(29,30)27-17-15-26(16-18-27)23-11-7-21(8-12-23)20-5-3-2-4-6-20;3-1(4)2(5)6/h2-6,9-10,13-14,21,23H,7-8,11-12,15-18H2,1H3,(H,25,28);(H,3,4)(H,5,6). The molecular weight excluding hydrogens is 498 g/mol. The number of rotatable bonds is 5. The number of hydrogen-bond donors (Lipinski definition) is 3. The van der Waals surface area contributed by atoms with Crippen molar-refractivity contribution in [3.05, 3.63) is 60.2 Å². The van der Waals surface area contributed by atoms with E-state index >= 15 is 0 Å². The molecule has 37 heavy (non-hydrogen) atoms. The van der Waals surface area contributed by atoms with Gasteiger partial charge in [-0.3, -0.25) is 9.69 Å². The van der Waals surface area contributed by atoms with Crippen molar-refractivity contribution in [3.63, 3.8) is 0 Å². The Morgan fingerprint density at radius 3 is 1.84 bits per heavy atom. The molecular formula is C26H33N3O7S. The van der Waals surface area contributed by atoms with Gasteiger partial charge in [-0.1, -0.05) is 30.3 Å². The summed E-state index contributed by atoms with van der Waals surface area (Å²) in [6, 6.07) is 17.7. The number of nitrogens with one attached hydrogen (secondary N) is 1. The number of hydrogen-bond acceptors (Lipinski definition) is 6. The summed E-state index contributed by atoms with van der Waals surface area (Å²) in [6.07, 6.45) is 4.76. The van der Waals surface area contributed by atoms with E-state index in [9.17, 15) is 13.2 Å². The number of piperazine rings is 1. The smallest absolute Gasteiger partial charge is 0.414 e. The number of amides is 1. The Bertz CT molecular complexity index is 1160. The van der Waals surface area contributed by atoms with Crippen molar-refractivity contribution in [3.8, 4) is 0 Å². The van der Waals surface area contributed by atoms with Gasteiger partial charge in [0.2, 0.25) is 15.9 Å². The van der Waals surface area contributed by atoms with Crippen LogP contribution in [0.1, 0.15) is 44.1 Å². The van der Waals surface area contributed by atoms with Gasteiger partial charge in [0.25, 0.3) is 0 Å². The number of nitrogens with zero attached hydrogens (tertiary/aromatic N) is 2. The molecule has 3 N–H and O–H groups in total. The van der Waals surface area contributed by atoms with E-state index in [1.54, 1.807) is 28.6 Å². The van der Waals surface area contributed by atoms with Gasteiger partial charge in [-0.15, -0.1) is 0 Å². The molecule has 0 unspecified atom stereocenters. The molecule has 2 aliphatic rings. The number of carbonyl (C=O) groups is 3. The topological polar surface area (TPSA) is 144 Å². The third-order valence-corrected chi connectivity index (χ3v) is 8.67. The highest BCUT2D eigenvalue weighted by atomic mass is 32.2. The zero-order valence-electron chi connectivity index (χ0n) is 20.7. The van der Waals surface area contributed by atoms with Gasteiger partial charge in [-0.05, 0) is 61.4 Å². The lowest BCUT2D eigenvalue weighted by Gasteiger charge is -2.41. The highest BCUT2D eigenvalue weighted by Crippen LogP contribution is 2.35. The van der Waals surface area contributed by atoms with Crippen molar-refractivity contribution in [1.82, 2.24) is 9.21 Å². The molecule has 1 amide bonds. The zero-order valence-corrected chi connectivity index (χ0v) is 21.6. The SMILES string of the molecule is CC(=O)Nc1ccc(S(=O)(=O)N2CCN(C3CCC(c4ccccc4)CC3)CC2)cc1.O=C(O)C(=O)O. The molecule has 200 valence electrons. The van der Waals surface area contributed by atoms with Crippen LogP contribution in [-0.4, -0.2) is 77.9 Å². The van der Waals surface area contributed by atoms with Gasteiger partial charge in [0.15, 0.2) is 0 Å². The molecule has 11 heteroatoms. The van der Waals surface area contributed by atoms with Gasteiger partial charge in [-0.2, -0.15) is 4.31 Å². The number of anilines is 1. The number of benzene rings is 2. The lowest BCUT2D eigenvalue weighted by molar-refractivity contribution is -0.159. The molecule has 1 saturated carbocycles. The maximum atomic E-state index is 13.0. The molecule has 2 fully saturated rings. The second-order valence-corrected chi connectivity index (χ2v) is 11.1. The van der Waals surface area contributed by atoms with Crippen LogP contribution >= 0.6 is 0 Å². The summed E-state index contributed by atoms with van der Waals surface area (Å²) in [6.45, 7) is 4.04. The van der Waals surface area contributed by atoms with E-state index in [1.165, 1.54) is 38.2 Å². The molecule has 1 aliphatic carbocycles. The molecule has 0 bridgehead atoms. The number of aliphatic carboxylic acids is 2. The average Bonchev–Trinajstić information content (AvgIpc) is 2.90. The van der Waals surface area contributed by atoms with E-state index in [0.29, 0.717) is 30.7 Å². The van der Waals surface area contributed by atoms with Crippen LogP contribution in [0.5, 0.6) is 0 Å². The lowest BCUT2D eigenvalue weighted by atomic mass is 9.81. The van der Waals surface area contributed by atoms with Gasteiger partial charge in [0.05, 0.1) is 4.90 Å².